The Bertz CT molecular complexity index is 78.4. The van der Waals surface area contributed by atoms with Gasteiger partial charge >= 0.3 is 35.5 Å². The molecule has 44 valence electrons. The molecule has 0 saturated carbocycles. The second-order valence-corrected chi connectivity index (χ2v) is 1.88. The maximum absolute atomic E-state index is 9.89. The third-order valence-electron chi connectivity index (χ3n) is 0.210. The zero-order chi connectivity index (χ0) is 5.86. The van der Waals surface area contributed by atoms with Crippen molar-refractivity contribution in [3.63, 3.8) is 0 Å². The van der Waals surface area contributed by atoms with Crippen molar-refractivity contribution in [2.24, 2.45) is 0 Å². The number of hydrogen-bond donors (Lipinski definition) is 2. The zero-order valence-electron chi connectivity index (χ0n) is 3.66. The van der Waals surface area contributed by atoms with Gasteiger partial charge in [-0.25, -0.2) is 0 Å². The second-order valence-electron chi connectivity index (χ2n) is 0.836. The molecular weight excluding hydrogens is 157 g/mol. The third kappa shape index (κ3) is 10.2. The number of thiol groups is 2. The van der Waals surface area contributed by atoms with Gasteiger partial charge in [-0.2, -0.15) is 0 Å². The van der Waals surface area contributed by atoms with Crippen molar-refractivity contribution in [3.05, 3.63) is 0 Å². The summed E-state index contributed by atoms with van der Waals surface area (Å²) in [6.07, 6.45) is 0. The first-order chi connectivity index (χ1) is 3.13. The molecule has 0 aliphatic carbocycles. The van der Waals surface area contributed by atoms with Crippen LogP contribution in [0.4, 0.5) is 0 Å². The summed E-state index contributed by atoms with van der Waals surface area (Å²) in [4.78, 5) is 14.1. The van der Waals surface area contributed by atoms with Gasteiger partial charge in [0.05, 0.1) is 0 Å². The van der Waals surface area contributed by atoms with Crippen LogP contribution in [-0.2, 0) is 9.63 Å². The average molecular weight is 163 g/mol. The average Bonchev–Trinajstić information content (AvgIpc) is 1.27. The van der Waals surface area contributed by atoms with Gasteiger partial charge < -0.3 is 4.84 Å². The summed E-state index contributed by atoms with van der Waals surface area (Å²) in [7, 11) is 0. The number of nitrogens with zero attached hydrogens (tertiary/aromatic N) is 1. The Kier molecular flexibility index (Phi) is 9.28. The van der Waals surface area contributed by atoms with Crippen LogP contribution in [-0.4, -0.2) is 39.4 Å². The molecule has 0 spiro atoms. The number of carbonyl (C=O) groups is 1. The molecule has 0 N–H and O–H groups in total. The van der Waals surface area contributed by atoms with Crippen LogP contribution in [0.15, 0.2) is 0 Å². The summed E-state index contributed by atoms with van der Waals surface area (Å²) in [5, 5.41) is 0. The topological polar surface area (TPSA) is 29.5 Å². The molecule has 3 nitrogen and oxygen atoms in total. The van der Waals surface area contributed by atoms with Crippen LogP contribution in [0.3, 0.4) is 0 Å². The summed E-state index contributed by atoms with van der Waals surface area (Å²) in [6, 6.07) is 0. The van der Waals surface area contributed by atoms with Gasteiger partial charge in [-0.3, -0.25) is 4.79 Å². The van der Waals surface area contributed by atoms with E-state index in [0.717, 1.165) is 3.87 Å². The van der Waals surface area contributed by atoms with Crippen molar-refractivity contribution < 1.29 is 9.63 Å². The molecule has 0 rings (SSSR count). The summed E-state index contributed by atoms with van der Waals surface area (Å²) in [5.74, 6) is -0.440. The quantitative estimate of drug-likeness (QED) is 0.319. The third-order valence-corrected chi connectivity index (χ3v) is 0.374. The molecule has 6 heteroatoms. The van der Waals surface area contributed by atoms with Gasteiger partial charge in [0.15, 0.2) is 0 Å². The fourth-order valence-electron chi connectivity index (χ4n) is 0.115. The fraction of sp³-hybridized carbons (Fsp3) is 0.500. The minimum atomic E-state index is -0.440. The Labute approximate surface area is 81.1 Å². The van der Waals surface area contributed by atoms with E-state index < -0.39 is 5.97 Å². The molecule has 0 aliphatic rings. The summed E-state index contributed by atoms with van der Waals surface area (Å²) < 4.78 is 0.738. The molecule has 0 aromatic carbocycles. The van der Waals surface area contributed by atoms with Crippen molar-refractivity contribution in [2.75, 3.05) is 0 Å². The molecule has 0 aromatic rings. The van der Waals surface area contributed by atoms with Crippen molar-refractivity contribution in [3.8, 4) is 0 Å². The van der Waals surface area contributed by atoms with Crippen LogP contribution in [0.1, 0.15) is 6.92 Å². The van der Waals surface area contributed by atoms with Crippen molar-refractivity contribution in [2.45, 2.75) is 6.92 Å². The maximum atomic E-state index is 9.89. The van der Waals surface area contributed by atoms with E-state index in [4.69, 9.17) is 0 Å². The molecule has 0 saturated heterocycles. The van der Waals surface area contributed by atoms with Crippen LogP contribution in [0, 0.1) is 0 Å². The number of hydrogen-bond acceptors (Lipinski definition) is 5. The van der Waals surface area contributed by atoms with Gasteiger partial charge in [0, 0.05) is 6.92 Å². The van der Waals surface area contributed by atoms with Crippen molar-refractivity contribution >= 4 is 61.2 Å². The van der Waals surface area contributed by atoms with Crippen molar-refractivity contribution in [1.82, 2.24) is 3.87 Å². The molecule has 0 aromatic heterocycles. The van der Waals surface area contributed by atoms with Gasteiger partial charge in [-0.05, 0) is 29.5 Å². The predicted octanol–water partition coefficient (Wildman–Crippen LogP) is -0.192. The standard InChI is InChI=1S/C2H5NO2S2.Na.H/c1-2(4)5-3(6)7;;/h6-7H,1H3;;. The van der Waals surface area contributed by atoms with Gasteiger partial charge in [0.25, 0.3) is 0 Å². The second kappa shape index (κ2) is 6.25. The summed E-state index contributed by atoms with van der Waals surface area (Å²) >= 11 is 6.98. The normalized spacial score (nSPS) is 8.00. The molecule has 0 heterocycles. The fourth-order valence-corrected chi connectivity index (χ4v) is 0.345. The van der Waals surface area contributed by atoms with E-state index in [-0.39, 0.29) is 29.6 Å². The Morgan fingerprint density at radius 3 is 2.00 bits per heavy atom. The molecule has 0 amide bonds. The van der Waals surface area contributed by atoms with E-state index in [9.17, 15) is 4.79 Å². The summed E-state index contributed by atoms with van der Waals surface area (Å²) in [5.41, 5.74) is 0. The number of rotatable bonds is 1. The van der Waals surface area contributed by atoms with Crippen LogP contribution in [0.25, 0.3) is 0 Å². The Morgan fingerprint density at radius 1 is 1.62 bits per heavy atom. The van der Waals surface area contributed by atoms with Gasteiger partial charge in [-0.1, -0.05) is 0 Å². The Balaban J connectivity index is 0. The van der Waals surface area contributed by atoms with E-state index in [1.54, 1.807) is 0 Å². The van der Waals surface area contributed by atoms with Gasteiger partial charge in [0.1, 0.15) is 0 Å². The monoisotopic (exact) mass is 163 g/mol. The molecule has 0 aliphatic heterocycles. The van der Waals surface area contributed by atoms with Crippen LogP contribution in [0.2, 0.25) is 0 Å². The van der Waals surface area contributed by atoms with Crippen LogP contribution in [0.5, 0.6) is 0 Å². The van der Waals surface area contributed by atoms with E-state index in [1.807, 2.05) is 0 Å². The molecule has 0 radical (unpaired) electrons. The molecule has 8 heavy (non-hydrogen) atoms. The van der Waals surface area contributed by atoms with Crippen LogP contribution >= 0.6 is 25.6 Å². The molecule has 0 fully saturated rings. The predicted molar refractivity (Wildman–Crippen MR) is 38.7 cm³/mol. The minimum absolute atomic E-state index is 0. The SMILES string of the molecule is CC(=O)ON(S)S.[NaH]. The molecule has 0 atom stereocenters. The summed E-state index contributed by atoms with van der Waals surface area (Å²) in [6.45, 7) is 1.26. The molecule has 0 bridgehead atoms. The van der Waals surface area contributed by atoms with E-state index >= 15 is 0 Å². The van der Waals surface area contributed by atoms with E-state index in [1.165, 1.54) is 6.92 Å². The van der Waals surface area contributed by atoms with E-state index in [2.05, 4.69) is 30.5 Å². The first-order valence-electron chi connectivity index (χ1n) is 1.49. The Hall–Kier alpha value is 1.13. The van der Waals surface area contributed by atoms with Crippen molar-refractivity contribution in [1.29, 1.82) is 0 Å². The first-order valence-corrected chi connectivity index (χ1v) is 2.29. The zero-order valence-corrected chi connectivity index (χ0v) is 5.45. The molecule has 0 unspecified atom stereocenters. The van der Waals surface area contributed by atoms with Crippen LogP contribution < -0.4 is 0 Å². The van der Waals surface area contributed by atoms with Gasteiger partial charge in [0.2, 0.25) is 0 Å². The molecular formula is C2H6NNaO2S2. The number of carbonyl (C=O) groups excluding carboxylic acids is 1. The first kappa shape index (κ1) is 11.9. The Morgan fingerprint density at radius 2 is 2.00 bits per heavy atom. The van der Waals surface area contributed by atoms with Gasteiger partial charge in [-0.15, -0.1) is 0 Å². The van der Waals surface area contributed by atoms with E-state index in [0.29, 0.717) is 0 Å².